The first kappa shape index (κ1) is 19.5. The molecule has 1 aliphatic heterocycles. The Bertz CT molecular complexity index is 656. The lowest BCUT2D eigenvalue weighted by Crippen LogP contribution is -2.47. The third-order valence-corrected chi connectivity index (χ3v) is 6.64. The lowest BCUT2D eigenvalue weighted by molar-refractivity contribution is 0.221. The number of ether oxygens (including phenoxy) is 1. The van der Waals surface area contributed by atoms with Crippen molar-refractivity contribution in [3.05, 3.63) is 22.7 Å². The highest BCUT2D eigenvalue weighted by Crippen LogP contribution is 2.33. The first-order valence-corrected chi connectivity index (χ1v) is 10.3. The standard InChI is InChI=1S/C17H27ClN2O3S/c1-4-5-6-11-23-16-12-14(2)15(18)13-17(16)24(21,22)20-9-7-19(3)8-10-20/h12-13H,4-11H2,1-3H3. The number of sulfonamides is 1. The Morgan fingerprint density at radius 2 is 1.83 bits per heavy atom. The second-order valence-corrected chi connectivity index (χ2v) is 8.62. The fourth-order valence-corrected chi connectivity index (χ4v) is 4.44. The van der Waals surface area contributed by atoms with Gasteiger partial charge in [0, 0.05) is 31.2 Å². The molecule has 0 bridgehead atoms. The number of nitrogens with zero attached hydrogens (tertiary/aromatic N) is 2. The maximum absolute atomic E-state index is 13.0. The van der Waals surface area contributed by atoms with Crippen LogP contribution in [0.25, 0.3) is 0 Å². The molecule has 0 aliphatic carbocycles. The average Bonchev–Trinajstić information content (AvgIpc) is 2.54. The van der Waals surface area contributed by atoms with E-state index in [0.717, 1.165) is 37.9 Å². The fourth-order valence-electron chi connectivity index (χ4n) is 2.65. The largest absolute Gasteiger partial charge is 0.492 e. The van der Waals surface area contributed by atoms with Crippen molar-refractivity contribution >= 4 is 21.6 Å². The van der Waals surface area contributed by atoms with Crippen LogP contribution in [0.2, 0.25) is 5.02 Å². The predicted molar refractivity (Wildman–Crippen MR) is 97.5 cm³/mol. The molecule has 7 heteroatoms. The Morgan fingerprint density at radius 3 is 2.46 bits per heavy atom. The van der Waals surface area contributed by atoms with Crippen molar-refractivity contribution in [2.75, 3.05) is 39.8 Å². The van der Waals surface area contributed by atoms with E-state index in [9.17, 15) is 8.42 Å². The molecule has 2 rings (SSSR count). The summed E-state index contributed by atoms with van der Waals surface area (Å²) in [6.07, 6.45) is 3.06. The van der Waals surface area contributed by atoms with Gasteiger partial charge in [-0.15, -0.1) is 0 Å². The minimum atomic E-state index is -3.60. The van der Waals surface area contributed by atoms with Gasteiger partial charge in [0.05, 0.1) is 6.61 Å². The van der Waals surface area contributed by atoms with Crippen LogP contribution in [0.3, 0.4) is 0 Å². The van der Waals surface area contributed by atoms with Gasteiger partial charge in [0.1, 0.15) is 10.6 Å². The van der Waals surface area contributed by atoms with Gasteiger partial charge < -0.3 is 9.64 Å². The molecule has 24 heavy (non-hydrogen) atoms. The molecule has 0 spiro atoms. The summed E-state index contributed by atoms with van der Waals surface area (Å²) in [5.74, 6) is 0.409. The molecule has 0 unspecified atom stereocenters. The van der Waals surface area contributed by atoms with E-state index in [1.165, 1.54) is 10.4 Å². The highest BCUT2D eigenvalue weighted by Gasteiger charge is 2.30. The molecule has 0 radical (unpaired) electrons. The average molecular weight is 375 g/mol. The summed E-state index contributed by atoms with van der Waals surface area (Å²) in [7, 11) is -1.61. The topological polar surface area (TPSA) is 49.9 Å². The first-order chi connectivity index (χ1) is 11.4. The van der Waals surface area contributed by atoms with E-state index in [1.807, 2.05) is 14.0 Å². The zero-order valence-corrected chi connectivity index (χ0v) is 16.3. The summed E-state index contributed by atoms with van der Waals surface area (Å²) in [6.45, 7) is 6.92. The Morgan fingerprint density at radius 1 is 1.17 bits per heavy atom. The number of piperazine rings is 1. The number of unbranched alkanes of at least 4 members (excludes halogenated alkanes) is 2. The van der Waals surface area contributed by atoms with Gasteiger partial charge in [0.2, 0.25) is 10.0 Å². The fraction of sp³-hybridized carbons (Fsp3) is 0.647. The molecule has 1 aromatic rings. The summed E-state index contributed by atoms with van der Waals surface area (Å²) in [6, 6.07) is 3.26. The van der Waals surface area contributed by atoms with Gasteiger partial charge in [-0.1, -0.05) is 31.4 Å². The van der Waals surface area contributed by atoms with Crippen LogP contribution in [-0.4, -0.2) is 57.5 Å². The quantitative estimate of drug-likeness (QED) is 0.688. The number of likely N-dealkylation sites (N-methyl/N-ethyl adjacent to an activating group) is 1. The summed E-state index contributed by atoms with van der Waals surface area (Å²) >= 11 is 6.19. The van der Waals surface area contributed by atoms with Crippen molar-refractivity contribution in [1.82, 2.24) is 9.21 Å². The minimum Gasteiger partial charge on any atom is -0.492 e. The summed E-state index contributed by atoms with van der Waals surface area (Å²) in [5, 5.41) is 0.448. The van der Waals surface area contributed by atoms with E-state index in [2.05, 4.69) is 11.8 Å². The summed E-state index contributed by atoms with van der Waals surface area (Å²) in [4.78, 5) is 2.30. The molecule has 136 valence electrons. The monoisotopic (exact) mass is 374 g/mol. The molecular weight excluding hydrogens is 348 g/mol. The molecule has 1 saturated heterocycles. The van der Waals surface area contributed by atoms with Crippen LogP contribution < -0.4 is 4.74 Å². The number of hydrogen-bond acceptors (Lipinski definition) is 4. The summed E-state index contributed by atoms with van der Waals surface area (Å²) < 4.78 is 33.4. The lowest BCUT2D eigenvalue weighted by Gasteiger charge is -2.32. The van der Waals surface area contributed by atoms with Crippen LogP contribution in [0.5, 0.6) is 5.75 Å². The van der Waals surface area contributed by atoms with E-state index in [-0.39, 0.29) is 4.90 Å². The van der Waals surface area contributed by atoms with Gasteiger partial charge in [0.15, 0.2) is 0 Å². The molecule has 1 fully saturated rings. The molecule has 0 aromatic heterocycles. The van der Waals surface area contributed by atoms with E-state index in [0.29, 0.717) is 30.5 Å². The van der Waals surface area contributed by atoms with Crippen LogP contribution in [0.1, 0.15) is 31.7 Å². The van der Waals surface area contributed by atoms with Crippen molar-refractivity contribution in [3.63, 3.8) is 0 Å². The third kappa shape index (κ3) is 4.63. The van der Waals surface area contributed by atoms with Crippen molar-refractivity contribution in [2.24, 2.45) is 0 Å². The molecule has 5 nitrogen and oxygen atoms in total. The normalized spacial score (nSPS) is 17.2. The van der Waals surface area contributed by atoms with Crippen molar-refractivity contribution in [1.29, 1.82) is 0 Å². The second-order valence-electron chi connectivity index (χ2n) is 6.31. The van der Waals surface area contributed by atoms with Crippen LogP contribution in [0.4, 0.5) is 0 Å². The van der Waals surface area contributed by atoms with E-state index >= 15 is 0 Å². The van der Waals surface area contributed by atoms with Gasteiger partial charge in [0.25, 0.3) is 0 Å². The van der Waals surface area contributed by atoms with Crippen LogP contribution in [0, 0.1) is 6.92 Å². The highest BCUT2D eigenvalue weighted by molar-refractivity contribution is 7.89. The number of hydrogen-bond donors (Lipinski definition) is 0. The highest BCUT2D eigenvalue weighted by atomic mass is 35.5. The first-order valence-electron chi connectivity index (χ1n) is 8.48. The van der Waals surface area contributed by atoms with E-state index in [4.69, 9.17) is 16.3 Å². The maximum Gasteiger partial charge on any atom is 0.246 e. The smallest absolute Gasteiger partial charge is 0.246 e. The van der Waals surface area contributed by atoms with E-state index in [1.54, 1.807) is 6.07 Å². The van der Waals surface area contributed by atoms with E-state index < -0.39 is 10.0 Å². The zero-order valence-electron chi connectivity index (χ0n) is 14.7. The SMILES string of the molecule is CCCCCOc1cc(C)c(Cl)cc1S(=O)(=O)N1CCN(C)CC1. The summed E-state index contributed by atoms with van der Waals surface area (Å²) in [5.41, 5.74) is 0.819. The van der Waals surface area contributed by atoms with Crippen molar-refractivity contribution in [2.45, 2.75) is 38.0 Å². The van der Waals surface area contributed by atoms with Gasteiger partial charge in [-0.05, 0) is 38.1 Å². The maximum atomic E-state index is 13.0. The third-order valence-electron chi connectivity index (χ3n) is 4.31. The van der Waals surface area contributed by atoms with Crippen molar-refractivity contribution in [3.8, 4) is 5.75 Å². The zero-order chi connectivity index (χ0) is 17.7. The Hall–Kier alpha value is -0.820. The number of halogens is 1. The van der Waals surface area contributed by atoms with Crippen LogP contribution in [-0.2, 0) is 10.0 Å². The number of aryl methyl sites for hydroxylation is 1. The molecule has 0 atom stereocenters. The lowest BCUT2D eigenvalue weighted by atomic mass is 10.2. The van der Waals surface area contributed by atoms with Gasteiger partial charge in [-0.25, -0.2) is 8.42 Å². The number of benzene rings is 1. The molecule has 1 heterocycles. The van der Waals surface area contributed by atoms with Gasteiger partial charge in [-0.2, -0.15) is 4.31 Å². The van der Waals surface area contributed by atoms with Gasteiger partial charge in [-0.3, -0.25) is 0 Å². The van der Waals surface area contributed by atoms with Gasteiger partial charge >= 0.3 is 0 Å². The minimum absolute atomic E-state index is 0.180. The molecule has 0 saturated carbocycles. The number of rotatable bonds is 7. The van der Waals surface area contributed by atoms with Crippen molar-refractivity contribution < 1.29 is 13.2 Å². The molecule has 0 amide bonds. The Kier molecular flexibility index (Phi) is 6.92. The Labute approximate surface area is 150 Å². The van der Waals surface area contributed by atoms with Crippen LogP contribution in [0.15, 0.2) is 17.0 Å². The molecule has 1 aliphatic rings. The molecular formula is C17H27ClN2O3S. The van der Waals surface area contributed by atoms with Crippen LogP contribution >= 0.6 is 11.6 Å². The second kappa shape index (κ2) is 8.52. The molecule has 1 aromatic carbocycles. The molecule has 0 N–H and O–H groups in total. The predicted octanol–water partition coefficient (Wildman–Crippen LogP) is 3.15. The Balaban J connectivity index is 2.27.